The fourth-order valence-corrected chi connectivity index (χ4v) is 1.11. The van der Waals surface area contributed by atoms with Crippen molar-refractivity contribution in [3.8, 4) is 0 Å². The van der Waals surface area contributed by atoms with Crippen molar-refractivity contribution in [1.29, 1.82) is 0 Å². The zero-order valence-corrected chi connectivity index (χ0v) is 9.08. The molecule has 0 saturated carbocycles. The van der Waals surface area contributed by atoms with Crippen molar-refractivity contribution >= 4 is 23.6 Å². The third kappa shape index (κ3) is 9.59. The molecule has 0 saturated heterocycles. The van der Waals surface area contributed by atoms with E-state index in [1.54, 1.807) is 0 Å². The highest BCUT2D eigenvalue weighted by Crippen LogP contribution is 2.29. The van der Waals surface area contributed by atoms with Crippen LogP contribution in [0.15, 0.2) is 0 Å². The number of alkyl halides is 3. The van der Waals surface area contributed by atoms with Crippen molar-refractivity contribution in [1.82, 2.24) is 10.6 Å². The first-order valence-corrected chi connectivity index (χ1v) is 5.28. The van der Waals surface area contributed by atoms with E-state index in [9.17, 15) is 22.8 Å². The highest BCUT2D eigenvalue weighted by Gasteiger charge is 2.27. The Labute approximate surface area is 94.3 Å². The number of carbonyl (C=O) groups excluding carboxylic acids is 2. The molecule has 0 atom stereocenters. The predicted molar refractivity (Wildman–Crippen MR) is 53.6 cm³/mol. The molecule has 0 radical (unpaired) electrons. The Bertz CT molecular complexity index is 248. The first kappa shape index (κ1) is 15.0. The third-order valence-corrected chi connectivity index (χ3v) is 2.06. The van der Waals surface area contributed by atoms with Crippen molar-refractivity contribution in [3.63, 3.8) is 0 Å². The summed E-state index contributed by atoms with van der Waals surface area (Å²) in [4.78, 5) is 21.5. The van der Waals surface area contributed by atoms with Gasteiger partial charge in [0, 0.05) is 12.3 Å². The standard InChI is InChI=1S/C7H12F3N3O2S/c8-7(9,10)16-2-1-12-6(15)4-13-5(14)3-11/h1-4,11H2,(H,12,15)(H,13,14). The summed E-state index contributed by atoms with van der Waals surface area (Å²) in [5.74, 6) is -1.32. The molecule has 0 rings (SSSR count). The number of halogens is 3. The van der Waals surface area contributed by atoms with Gasteiger partial charge in [-0.25, -0.2) is 0 Å². The van der Waals surface area contributed by atoms with E-state index in [0.29, 0.717) is 0 Å². The van der Waals surface area contributed by atoms with E-state index < -0.39 is 17.3 Å². The second-order valence-corrected chi connectivity index (χ2v) is 3.78. The van der Waals surface area contributed by atoms with Crippen LogP contribution in [-0.4, -0.2) is 42.7 Å². The predicted octanol–water partition coefficient (Wildman–Crippen LogP) is -0.570. The Morgan fingerprint density at radius 2 is 1.81 bits per heavy atom. The van der Waals surface area contributed by atoms with Gasteiger partial charge in [0.1, 0.15) is 0 Å². The molecule has 0 fully saturated rings. The molecular formula is C7H12F3N3O2S. The molecule has 2 amide bonds. The Balaban J connectivity index is 3.48. The molecule has 16 heavy (non-hydrogen) atoms. The molecule has 0 aromatic rings. The lowest BCUT2D eigenvalue weighted by atomic mass is 10.5. The van der Waals surface area contributed by atoms with E-state index in [-0.39, 0.29) is 37.1 Å². The lowest BCUT2D eigenvalue weighted by Crippen LogP contribution is -2.40. The van der Waals surface area contributed by atoms with Gasteiger partial charge in [0.15, 0.2) is 0 Å². The molecular weight excluding hydrogens is 247 g/mol. The number of rotatable bonds is 6. The van der Waals surface area contributed by atoms with E-state index in [4.69, 9.17) is 5.73 Å². The highest BCUT2D eigenvalue weighted by atomic mass is 32.2. The number of hydrogen-bond acceptors (Lipinski definition) is 4. The van der Waals surface area contributed by atoms with Crippen molar-refractivity contribution in [2.75, 3.05) is 25.4 Å². The summed E-state index contributed by atoms with van der Waals surface area (Å²) >= 11 is -0.218. The minimum atomic E-state index is -4.29. The number of thioether (sulfide) groups is 1. The van der Waals surface area contributed by atoms with E-state index in [0.717, 1.165) is 0 Å². The fraction of sp³-hybridized carbons (Fsp3) is 0.714. The van der Waals surface area contributed by atoms with Crippen LogP contribution in [0.1, 0.15) is 0 Å². The maximum Gasteiger partial charge on any atom is 0.441 e. The number of nitrogens with two attached hydrogens (primary N) is 1. The van der Waals surface area contributed by atoms with E-state index in [1.165, 1.54) is 0 Å². The molecule has 0 aromatic carbocycles. The molecule has 0 aliphatic carbocycles. The van der Waals surface area contributed by atoms with Gasteiger partial charge >= 0.3 is 5.51 Å². The third-order valence-electron chi connectivity index (χ3n) is 1.32. The number of amides is 2. The van der Waals surface area contributed by atoms with Gasteiger partial charge in [0.05, 0.1) is 13.1 Å². The van der Waals surface area contributed by atoms with Crippen molar-refractivity contribution in [3.05, 3.63) is 0 Å². The van der Waals surface area contributed by atoms with Crippen molar-refractivity contribution in [2.24, 2.45) is 5.73 Å². The average Bonchev–Trinajstić information content (AvgIpc) is 2.19. The normalized spacial score (nSPS) is 11.0. The van der Waals surface area contributed by atoms with Crippen LogP contribution in [0.2, 0.25) is 0 Å². The summed E-state index contributed by atoms with van der Waals surface area (Å²) in [6, 6.07) is 0. The van der Waals surface area contributed by atoms with Crippen LogP contribution in [-0.2, 0) is 9.59 Å². The molecule has 0 heterocycles. The smallest absolute Gasteiger partial charge is 0.354 e. The van der Waals surface area contributed by atoms with Gasteiger partial charge in [-0.05, 0) is 11.8 Å². The van der Waals surface area contributed by atoms with E-state index in [2.05, 4.69) is 10.6 Å². The highest BCUT2D eigenvalue weighted by molar-refractivity contribution is 8.00. The monoisotopic (exact) mass is 259 g/mol. The summed E-state index contributed by atoms with van der Waals surface area (Å²) in [5, 5.41) is 4.40. The lowest BCUT2D eigenvalue weighted by molar-refractivity contribution is -0.125. The van der Waals surface area contributed by atoms with Gasteiger partial charge < -0.3 is 16.4 Å². The summed E-state index contributed by atoms with van der Waals surface area (Å²) in [5.41, 5.74) is 0.663. The fourth-order valence-electron chi connectivity index (χ4n) is 0.671. The Kier molecular flexibility index (Phi) is 6.90. The number of hydrogen-bond donors (Lipinski definition) is 3. The van der Waals surface area contributed by atoms with Crippen molar-refractivity contribution in [2.45, 2.75) is 5.51 Å². The van der Waals surface area contributed by atoms with Gasteiger partial charge in [-0.3, -0.25) is 9.59 Å². The molecule has 0 aliphatic heterocycles. The van der Waals surface area contributed by atoms with Gasteiger partial charge in [0.2, 0.25) is 11.8 Å². The van der Waals surface area contributed by atoms with Crippen LogP contribution in [0.3, 0.4) is 0 Å². The van der Waals surface area contributed by atoms with Crippen LogP contribution >= 0.6 is 11.8 Å². The van der Waals surface area contributed by atoms with Gasteiger partial charge in [-0.1, -0.05) is 0 Å². The maximum absolute atomic E-state index is 11.7. The number of nitrogens with one attached hydrogen (secondary N) is 2. The van der Waals surface area contributed by atoms with Crippen LogP contribution in [0.4, 0.5) is 13.2 Å². The van der Waals surface area contributed by atoms with E-state index in [1.807, 2.05) is 0 Å². The van der Waals surface area contributed by atoms with Crippen LogP contribution in [0, 0.1) is 0 Å². The molecule has 0 unspecified atom stereocenters. The van der Waals surface area contributed by atoms with Crippen molar-refractivity contribution < 1.29 is 22.8 Å². The van der Waals surface area contributed by atoms with Crippen LogP contribution in [0.25, 0.3) is 0 Å². The summed E-state index contributed by atoms with van der Waals surface area (Å²) < 4.78 is 35.0. The molecule has 9 heteroatoms. The summed E-state index contributed by atoms with van der Waals surface area (Å²) in [6.07, 6.45) is 0. The van der Waals surface area contributed by atoms with Gasteiger partial charge in [-0.2, -0.15) is 13.2 Å². The van der Waals surface area contributed by atoms with Crippen LogP contribution < -0.4 is 16.4 Å². The molecule has 5 nitrogen and oxygen atoms in total. The second-order valence-electron chi connectivity index (χ2n) is 2.63. The summed E-state index contributed by atoms with van der Waals surface area (Å²) in [6.45, 7) is -0.634. The molecule has 94 valence electrons. The quantitative estimate of drug-likeness (QED) is 0.558. The second kappa shape index (κ2) is 7.34. The first-order valence-electron chi connectivity index (χ1n) is 4.29. The first-order chi connectivity index (χ1) is 7.35. The minimum Gasteiger partial charge on any atom is -0.354 e. The summed E-state index contributed by atoms with van der Waals surface area (Å²) in [7, 11) is 0. The molecule has 0 spiro atoms. The average molecular weight is 259 g/mol. The zero-order valence-electron chi connectivity index (χ0n) is 8.26. The zero-order chi connectivity index (χ0) is 12.6. The van der Waals surface area contributed by atoms with Gasteiger partial charge in [-0.15, -0.1) is 0 Å². The largest absolute Gasteiger partial charge is 0.441 e. The minimum absolute atomic E-state index is 0.110. The maximum atomic E-state index is 11.7. The Morgan fingerprint density at radius 3 is 2.31 bits per heavy atom. The van der Waals surface area contributed by atoms with Crippen LogP contribution in [0.5, 0.6) is 0 Å². The SMILES string of the molecule is NCC(=O)NCC(=O)NCCSC(F)(F)F. The van der Waals surface area contributed by atoms with Gasteiger partial charge in [0.25, 0.3) is 0 Å². The lowest BCUT2D eigenvalue weighted by Gasteiger charge is -2.07. The molecule has 0 aliphatic rings. The molecule has 0 bridgehead atoms. The topological polar surface area (TPSA) is 84.2 Å². The molecule has 0 aromatic heterocycles. The Hall–Kier alpha value is -0.960. The number of carbonyl (C=O) groups is 2. The Morgan fingerprint density at radius 1 is 1.19 bits per heavy atom. The van der Waals surface area contributed by atoms with E-state index >= 15 is 0 Å². The molecule has 4 N–H and O–H groups in total.